The molecule has 0 saturated carbocycles. The van der Waals surface area contributed by atoms with Crippen LogP contribution in [0.5, 0.6) is 0 Å². The molecule has 0 saturated heterocycles. The van der Waals surface area contributed by atoms with Gasteiger partial charge < -0.3 is 0 Å². The summed E-state index contributed by atoms with van der Waals surface area (Å²) in [7, 11) is 0. The molecule has 0 unspecified atom stereocenters. The highest BCUT2D eigenvalue weighted by Gasteiger charge is 1.52. The highest BCUT2D eigenvalue weighted by Crippen LogP contribution is 1.95. The fourth-order valence-corrected chi connectivity index (χ4v) is 0.158. The largest absolute Gasteiger partial charge is 0.228 e. The van der Waals surface area contributed by atoms with Crippen molar-refractivity contribution in [1.29, 1.82) is 0 Å². The minimum absolute atomic E-state index is 1.24. The van der Waals surface area contributed by atoms with Crippen LogP contribution in [0.3, 0.4) is 0 Å². The van der Waals surface area contributed by atoms with Crippen LogP contribution in [0.4, 0.5) is 0 Å². The fourth-order valence-electron chi connectivity index (χ4n) is 0.0527. The molecule has 0 aromatic heterocycles. The Morgan fingerprint density at radius 1 is 0.933 bits per heavy atom. The Labute approximate surface area is 107 Å². The Hall–Kier alpha value is -0.410. The smallest absolute Gasteiger partial charge is 0.000860 e. The van der Waals surface area contributed by atoms with E-state index in [2.05, 4.69) is 43.5 Å². The maximum Gasteiger partial charge on any atom is 0.000860 e. The number of nitrogens with zero attached hydrogens (tertiary/aromatic N) is 1. The Morgan fingerprint density at radius 3 is 1.20 bits per heavy atom. The molecule has 0 bridgehead atoms. The van der Waals surface area contributed by atoms with E-state index in [0.717, 1.165) is 0 Å². The van der Waals surface area contributed by atoms with Crippen LogP contribution < -0.4 is 0 Å². The van der Waals surface area contributed by atoms with E-state index < -0.39 is 0 Å². The zero-order valence-corrected chi connectivity index (χ0v) is 12.6. The summed E-state index contributed by atoms with van der Waals surface area (Å²) in [6, 6.07) is 0. The fraction of sp³-hybridized carbons (Fsp3) is 0.417. The Morgan fingerprint density at radius 2 is 1.20 bits per heavy atom. The molecule has 0 aliphatic carbocycles. The molecule has 0 aliphatic heterocycles. The lowest BCUT2D eigenvalue weighted by Gasteiger charge is -1.65. The van der Waals surface area contributed by atoms with Crippen molar-refractivity contribution in [2.45, 2.75) is 27.7 Å². The first-order valence-electron chi connectivity index (χ1n) is 4.74. The maximum atomic E-state index is 3.53. The van der Waals surface area contributed by atoms with Crippen molar-refractivity contribution in [3.05, 3.63) is 37.3 Å². The van der Waals surface area contributed by atoms with E-state index in [0.29, 0.717) is 0 Å². The third kappa shape index (κ3) is 272. The topological polar surface area (TPSA) is 12.4 Å². The van der Waals surface area contributed by atoms with Gasteiger partial charge in [-0.1, -0.05) is 59.6 Å². The Bertz CT molecular complexity index is 89.8. The lowest BCUT2D eigenvalue weighted by atomic mass is 10.6. The molecule has 0 aromatic rings. The van der Waals surface area contributed by atoms with E-state index in [4.69, 9.17) is 0 Å². The van der Waals surface area contributed by atoms with Gasteiger partial charge in [0, 0.05) is 11.9 Å². The Kier molecular flexibility index (Phi) is 200. The molecule has 0 atom stereocenters. The van der Waals surface area contributed by atoms with E-state index >= 15 is 0 Å². The molecule has 0 spiro atoms. The average molecular weight is 249 g/mol. The predicted octanol–water partition coefficient (Wildman–Crippen LogP) is 5.44. The number of thiol groups is 1. The van der Waals surface area contributed by atoms with Gasteiger partial charge in [-0.2, -0.15) is 12.6 Å². The third-order valence-electron chi connectivity index (χ3n) is 0.316. The molecule has 0 amide bonds. The molecular weight excluding hydrogens is 222 g/mol. The molecule has 0 fully saturated rings. The first-order valence-corrected chi connectivity index (χ1v) is 6.47. The van der Waals surface area contributed by atoms with Crippen molar-refractivity contribution in [1.82, 2.24) is 0 Å². The normalized spacial score (nSPS) is 4.67. The molecule has 0 rings (SSSR count). The summed E-state index contributed by atoms with van der Waals surface area (Å²) in [5.74, 6) is 0. The van der Waals surface area contributed by atoms with Gasteiger partial charge in [0.25, 0.3) is 0 Å². The first kappa shape index (κ1) is 29.3. The van der Waals surface area contributed by atoms with Crippen molar-refractivity contribution in [3.8, 4) is 0 Å². The van der Waals surface area contributed by atoms with Crippen LogP contribution in [-0.4, -0.2) is 13.0 Å². The second-order valence-corrected chi connectivity index (χ2v) is 1.67. The van der Waals surface area contributed by atoms with Gasteiger partial charge >= 0.3 is 0 Å². The van der Waals surface area contributed by atoms with Crippen LogP contribution in [0, 0.1) is 0 Å². The molecule has 3 heteroatoms. The molecular formula is C12H27NS2. The monoisotopic (exact) mass is 249 g/mol. The van der Waals surface area contributed by atoms with Crippen molar-refractivity contribution in [3.63, 3.8) is 0 Å². The zero-order chi connectivity index (χ0) is 13.5. The van der Waals surface area contributed by atoms with Crippen LogP contribution in [-0.2, 0) is 0 Å². The van der Waals surface area contributed by atoms with E-state index in [-0.39, 0.29) is 0 Å². The summed E-state index contributed by atoms with van der Waals surface area (Å²) in [5.41, 5.74) is 0. The third-order valence-corrected chi connectivity index (χ3v) is 0.614. The van der Waals surface area contributed by atoms with Gasteiger partial charge in [0.05, 0.1) is 0 Å². The minimum atomic E-state index is 1.24. The predicted molar refractivity (Wildman–Crippen MR) is 85.3 cm³/mol. The van der Waals surface area contributed by atoms with Gasteiger partial charge in [0.1, 0.15) is 0 Å². The second-order valence-electron chi connectivity index (χ2n) is 0.873. The molecule has 0 heterocycles. The highest BCUT2D eigenvalue weighted by molar-refractivity contribution is 8.00. The molecule has 0 N–H and O–H groups in total. The van der Waals surface area contributed by atoms with Crippen LogP contribution >= 0.6 is 24.6 Å². The van der Waals surface area contributed by atoms with Crippen LogP contribution in [0.15, 0.2) is 41.7 Å². The second kappa shape index (κ2) is 102. The van der Waals surface area contributed by atoms with Crippen LogP contribution in [0.1, 0.15) is 27.7 Å². The van der Waals surface area contributed by atoms with Crippen LogP contribution in [0.2, 0.25) is 0 Å². The maximum absolute atomic E-state index is 3.53. The summed E-state index contributed by atoms with van der Waals surface area (Å²) in [4.78, 5) is 0. The van der Waals surface area contributed by atoms with E-state index in [9.17, 15) is 0 Å². The van der Waals surface area contributed by atoms with Gasteiger partial charge in [-0.05, 0) is 18.4 Å². The lowest BCUT2D eigenvalue weighted by Crippen LogP contribution is -1.29. The summed E-state index contributed by atoms with van der Waals surface area (Å²) in [6.45, 7) is 21.3. The van der Waals surface area contributed by atoms with E-state index in [1.165, 1.54) is 11.9 Å². The van der Waals surface area contributed by atoms with Crippen LogP contribution in [0.25, 0.3) is 0 Å². The number of hydrogen-bond donors (Lipinski definition) is 1. The number of allylic oxidation sites excluding steroid dienone is 2. The van der Waals surface area contributed by atoms with Crippen molar-refractivity contribution >= 4 is 31.3 Å². The summed E-state index contributed by atoms with van der Waals surface area (Å²) < 4.78 is 3.40. The summed E-state index contributed by atoms with van der Waals surface area (Å²) in [5, 5.41) is 1.62. The minimum Gasteiger partial charge on any atom is -0.228 e. The van der Waals surface area contributed by atoms with Crippen molar-refractivity contribution < 1.29 is 0 Å². The number of rotatable bonds is 3. The standard InChI is InChI=1S/C4H6.C3H5NS.2C2H6.CH4S/c1-3-4-2;1-3-5-4-2;3*1-2/h3-4H,1-2H2;3H,1-2H2;2*1-2H3;2H,1H3. The first-order chi connectivity index (χ1) is 7.33. The van der Waals surface area contributed by atoms with E-state index in [1.54, 1.807) is 23.8 Å². The van der Waals surface area contributed by atoms with Gasteiger partial charge in [0.2, 0.25) is 0 Å². The Balaban J connectivity index is -0.0000000301. The zero-order valence-electron chi connectivity index (χ0n) is 10.9. The molecule has 0 aromatic carbocycles. The van der Waals surface area contributed by atoms with Gasteiger partial charge in [0.15, 0.2) is 0 Å². The van der Waals surface area contributed by atoms with Gasteiger partial charge in [-0.25, -0.2) is 4.40 Å². The molecule has 0 aliphatic rings. The molecule has 92 valence electrons. The molecule has 1 nitrogen and oxygen atoms in total. The quantitative estimate of drug-likeness (QED) is 0.304. The molecule has 0 radical (unpaired) electrons. The summed E-state index contributed by atoms with van der Waals surface area (Å²) >= 11 is 4.77. The lowest BCUT2D eigenvalue weighted by molar-refractivity contribution is 1.50. The summed E-state index contributed by atoms with van der Waals surface area (Å²) in [6.07, 6.45) is 4.97. The van der Waals surface area contributed by atoms with E-state index in [1.807, 2.05) is 27.7 Å². The highest BCUT2D eigenvalue weighted by atomic mass is 32.2. The van der Waals surface area contributed by atoms with Gasteiger partial charge in [-0.3, -0.25) is 0 Å². The van der Waals surface area contributed by atoms with Gasteiger partial charge in [-0.15, -0.1) is 0 Å². The van der Waals surface area contributed by atoms with Crippen molar-refractivity contribution in [2.24, 2.45) is 4.40 Å². The molecule has 15 heavy (non-hydrogen) atoms. The van der Waals surface area contributed by atoms with Crippen molar-refractivity contribution in [2.75, 3.05) is 6.26 Å². The number of hydrogen-bond acceptors (Lipinski definition) is 3. The average Bonchev–Trinajstić information content (AvgIpc) is 2.38. The SMILES string of the molecule is C=CC=C.C=CSN=C.CC.CC.CS.